The van der Waals surface area contributed by atoms with Crippen LogP contribution in [0.2, 0.25) is 0 Å². The van der Waals surface area contributed by atoms with Crippen LogP contribution in [0, 0.1) is 0 Å². The molecule has 0 spiro atoms. The molecule has 0 fully saturated rings. The number of alkyl halides is 1. The van der Waals surface area contributed by atoms with Gasteiger partial charge in [-0.15, -0.1) is 0 Å². The van der Waals surface area contributed by atoms with E-state index in [1.54, 1.807) is 7.05 Å². The first kappa shape index (κ1) is 10.4. The highest BCUT2D eigenvalue weighted by atomic mass is 19.1. The molecule has 0 rings (SSSR count). The zero-order valence-electron chi connectivity index (χ0n) is 6.85. The van der Waals surface area contributed by atoms with Gasteiger partial charge in [0.2, 0.25) is 5.91 Å². The van der Waals surface area contributed by atoms with Crippen molar-refractivity contribution in [3.63, 3.8) is 0 Å². The number of rotatable bonds is 5. The van der Waals surface area contributed by atoms with Crippen LogP contribution in [0.4, 0.5) is 4.39 Å². The molecule has 0 bridgehead atoms. The predicted octanol–water partition coefficient (Wildman–Crippen LogP) is 0.153. The average molecular weight is 162 g/mol. The zero-order chi connectivity index (χ0) is 8.69. The molecule has 2 N–H and O–H groups in total. The van der Waals surface area contributed by atoms with Crippen LogP contribution in [0.25, 0.3) is 0 Å². The van der Waals surface area contributed by atoms with E-state index in [1.165, 1.54) is 4.90 Å². The van der Waals surface area contributed by atoms with E-state index in [-0.39, 0.29) is 12.5 Å². The summed E-state index contributed by atoms with van der Waals surface area (Å²) < 4.78 is 11.7. The molecule has 0 aromatic heterocycles. The van der Waals surface area contributed by atoms with Crippen LogP contribution in [0.15, 0.2) is 0 Å². The Balaban J connectivity index is 3.47. The second kappa shape index (κ2) is 6.09. The summed E-state index contributed by atoms with van der Waals surface area (Å²) in [5.41, 5.74) is 5.21. The van der Waals surface area contributed by atoms with E-state index in [1.807, 2.05) is 0 Å². The van der Waals surface area contributed by atoms with Crippen molar-refractivity contribution >= 4 is 5.91 Å². The molecule has 0 unspecified atom stereocenters. The van der Waals surface area contributed by atoms with Crippen LogP contribution in [-0.4, -0.2) is 37.6 Å². The summed E-state index contributed by atoms with van der Waals surface area (Å²) in [5.74, 6) is -0.0342. The Labute approximate surface area is 66.4 Å². The number of hydrogen-bond acceptors (Lipinski definition) is 2. The van der Waals surface area contributed by atoms with Crippen molar-refractivity contribution in [2.45, 2.75) is 12.8 Å². The van der Waals surface area contributed by atoms with Gasteiger partial charge in [-0.3, -0.25) is 4.79 Å². The molecule has 11 heavy (non-hydrogen) atoms. The van der Waals surface area contributed by atoms with E-state index in [9.17, 15) is 9.18 Å². The summed E-state index contributed by atoms with van der Waals surface area (Å²) in [4.78, 5) is 12.4. The van der Waals surface area contributed by atoms with E-state index < -0.39 is 6.67 Å². The van der Waals surface area contributed by atoms with Crippen molar-refractivity contribution in [3.8, 4) is 0 Å². The molecule has 0 aliphatic rings. The maximum Gasteiger partial charge on any atom is 0.222 e. The van der Waals surface area contributed by atoms with Gasteiger partial charge in [0.05, 0.1) is 0 Å². The Morgan fingerprint density at radius 2 is 2.27 bits per heavy atom. The molecule has 0 aromatic rings. The van der Waals surface area contributed by atoms with Crippen LogP contribution >= 0.6 is 0 Å². The second-order valence-corrected chi connectivity index (χ2v) is 2.40. The largest absolute Gasteiger partial charge is 0.343 e. The molecule has 0 radical (unpaired) electrons. The third kappa shape index (κ3) is 4.72. The summed E-state index contributed by atoms with van der Waals surface area (Å²) in [5, 5.41) is 0. The normalized spacial score (nSPS) is 9.73. The first-order valence-electron chi connectivity index (χ1n) is 3.72. The Kier molecular flexibility index (Phi) is 5.74. The maximum absolute atomic E-state index is 11.7. The molecular weight excluding hydrogens is 147 g/mol. The lowest BCUT2D eigenvalue weighted by atomic mass is 10.3. The smallest absolute Gasteiger partial charge is 0.222 e. The van der Waals surface area contributed by atoms with Gasteiger partial charge < -0.3 is 10.6 Å². The van der Waals surface area contributed by atoms with E-state index in [2.05, 4.69) is 0 Å². The van der Waals surface area contributed by atoms with Gasteiger partial charge in [0.25, 0.3) is 0 Å². The molecule has 4 heteroatoms. The standard InChI is InChI=1S/C7H15FN2O/c1-10(6-4-8)7(11)3-2-5-9/h2-6,9H2,1H3. The quantitative estimate of drug-likeness (QED) is 0.625. The van der Waals surface area contributed by atoms with Gasteiger partial charge in [0.15, 0.2) is 0 Å². The fourth-order valence-corrected chi connectivity index (χ4v) is 0.696. The van der Waals surface area contributed by atoms with Crippen LogP contribution in [0.1, 0.15) is 12.8 Å². The number of hydrogen-bond donors (Lipinski definition) is 1. The van der Waals surface area contributed by atoms with Gasteiger partial charge in [-0.2, -0.15) is 0 Å². The van der Waals surface area contributed by atoms with Crippen molar-refractivity contribution in [3.05, 3.63) is 0 Å². The molecule has 0 saturated heterocycles. The molecule has 66 valence electrons. The number of nitrogens with two attached hydrogens (primary N) is 1. The Morgan fingerprint density at radius 3 is 2.73 bits per heavy atom. The Morgan fingerprint density at radius 1 is 1.64 bits per heavy atom. The SMILES string of the molecule is CN(CCF)C(=O)CCCN. The molecule has 0 atom stereocenters. The van der Waals surface area contributed by atoms with Crippen LogP contribution < -0.4 is 5.73 Å². The van der Waals surface area contributed by atoms with Crippen molar-refractivity contribution in [1.82, 2.24) is 4.90 Å². The first-order chi connectivity index (χ1) is 5.22. The molecule has 0 heterocycles. The lowest BCUT2D eigenvalue weighted by Crippen LogP contribution is -2.28. The van der Waals surface area contributed by atoms with Crippen LogP contribution in [0.5, 0.6) is 0 Å². The Hall–Kier alpha value is -0.640. The molecule has 0 aliphatic heterocycles. The van der Waals surface area contributed by atoms with Gasteiger partial charge >= 0.3 is 0 Å². The predicted molar refractivity (Wildman–Crippen MR) is 41.9 cm³/mol. The minimum Gasteiger partial charge on any atom is -0.343 e. The molecular formula is C7H15FN2O. The lowest BCUT2D eigenvalue weighted by Gasteiger charge is -2.14. The zero-order valence-corrected chi connectivity index (χ0v) is 6.85. The minimum atomic E-state index is -0.481. The van der Waals surface area contributed by atoms with Gasteiger partial charge in [-0.25, -0.2) is 4.39 Å². The summed E-state index contributed by atoms with van der Waals surface area (Å²) in [6.45, 7) is 0.212. The Bertz CT molecular complexity index is 119. The summed E-state index contributed by atoms with van der Waals surface area (Å²) in [7, 11) is 1.60. The fraction of sp³-hybridized carbons (Fsp3) is 0.857. The van der Waals surface area contributed by atoms with Gasteiger partial charge in [0.1, 0.15) is 6.67 Å². The maximum atomic E-state index is 11.7. The first-order valence-corrected chi connectivity index (χ1v) is 3.72. The molecule has 0 aliphatic carbocycles. The van der Waals surface area contributed by atoms with Crippen molar-refractivity contribution in [1.29, 1.82) is 0 Å². The van der Waals surface area contributed by atoms with Crippen LogP contribution in [0.3, 0.4) is 0 Å². The monoisotopic (exact) mass is 162 g/mol. The van der Waals surface area contributed by atoms with E-state index in [0.29, 0.717) is 19.4 Å². The van der Waals surface area contributed by atoms with Gasteiger partial charge in [0, 0.05) is 20.0 Å². The summed E-state index contributed by atoms with van der Waals surface area (Å²) in [6, 6.07) is 0. The number of carbonyl (C=O) groups is 1. The number of amides is 1. The lowest BCUT2D eigenvalue weighted by molar-refractivity contribution is -0.130. The molecule has 1 amide bonds. The number of halogens is 1. The minimum absolute atomic E-state index is 0.0342. The average Bonchev–Trinajstić information content (AvgIpc) is 2.00. The van der Waals surface area contributed by atoms with Crippen molar-refractivity contribution in [2.75, 3.05) is 26.8 Å². The molecule has 0 aromatic carbocycles. The third-order valence-electron chi connectivity index (χ3n) is 1.44. The van der Waals surface area contributed by atoms with Crippen molar-refractivity contribution in [2.24, 2.45) is 5.73 Å². The second-order valence-electron chi connectivity index (χ2n) is 2.40. The van der Waals surface area contributed by atoms with Gasteiger partial charge in [-0.05, 0) is 13.0 Å². The molecule has 3 nitrogen and oxygen atoms in total. The highest BCUT2D eigenvalue weighted by molar-refractivity contribution is 5.75. The number of carbonyl (C=O) groups excluding carboxylic acids is 1. The van der Waals surface area contributed by atoms with E-state index in [0.717, 1.165) is 0 Å². The van der Waals surface area contributed by atoms with E-state index >= 15 is 0 Å². The molecule has 0 saturated carbocycles. The number of nitrogens with zero attached hydrogens (tertiary/aromatic N) is 1. The van der Waals surface area contributed by atoms with Crippen molar-refractivity contribution < 1.29 is 9.18 Å². The van der Waals surface area contributed by atoms with E-state index in [4.69, 9.17) is 5.73 Å². The highest BCUT2D eigenvalue weighted by Crippen LogP contribution is 1.93. The van der Waals surface area contributed by atoms with Gasteiger partial charge in [-0.1, -0.05) is 0 Å². The summed E-state index contributed by atoms with van der Waals surface area (Å²) >= 11 is 0. The topological polar surface area (TPSA) is 46.3 Å². The summed E-state index contributed by atoms with van der Waals surface area (Å²) in [6.07, 6.45) is 1.10. The third-order valence-corrected chi connectivity index (χ3v) is 1.44. The van der Waals surface area contributed by atoms with Crippen LogP contribution in [-0.2, 0) is 4.79 Å². The highest BCUT2D eigenvalue weighted by Gasteiger charge is 2.05. The fourth-order valence-electron chi connectivity index (χ4n) is 0.696.